The molecule has 0 fully saturated rings. The summed E-state index contributed by atoms with van der Waals surface area (Å²) in [5.74, 6) is -0.328. The number of anilines is 1. The summed E-state index contributed by atoms with van der Waals surface area (Å²) >= 11 is 1.68. The fourth-order valence-electron chi connectivity index (χ4n) is 3.14. The molecule has 0 spiro atoms. The number of aryl methyl sites for hydroxylation is 1. The van der Waals surface area contributed by atoms with E-state index in [0.29, 0.717) is 17.9 Å². The molecule has 1 amide bonds. The molecule has 0 radical (unpaired) electrons. The van der Waals surface area contributed by atoms with Crippen LogP contribution in [0.25, 0.3) is 0 Å². The number of hydrogen-bond acceptors (Lipinski definition) is 5. The van der Waals surface area contributed by atoms with Gasteiger partial charge in [-0.1, -0.05) is 6.07 Å². The highest BCUT2D eigenvalue weighted by Crippen LogP contribution is 2.21. The van der Waals surface area contributed by atoms with Crippen LogP contribution in [0.2, 0.25) is 0 Å². The maximum atomic E-state index is 12.7. The Hall–Kier alpha value is -2.87. The summed E-state index contributed by atoms with van der Waals surface area (Å²) in [4.78, 5) is 26.4. The Morgan fingerprint density at radius 1 is 1.24 bits per heavy atom. The van der Waals surface area contributed by atoms with Crippen molar-refractivity contribution >= 4 is 29.0 Å². The molecule has 1 N–H and O–H groups in total. The number of carbonyl (C=O) groups excluding carboxylic acids is 2. The molecule has 0 aliphatic carbocycles. The van der Waals surface area contributed by atoms with Crippen LogP contribution in [-0.4, -0.2) is 32.3 Å². The van der Waals surface area contributed by atoms with E-state index >= 15 is 0 Å². The zero-order valence-corrected chi connectivity index (χ0v) is 18.1. The van der Waals surface area contributed by atoms with Gasteiger partial charge in [-0.3, -0.25) is 4.79 Å². The first-order valence-electron chi connectivity index (χ1n) is 9.52. The molecule has 0 saturated heterocycles. The Labute approximate surface area is 174 Å². The van der Waals surface area contributed by atoms with Crippen molar-refractivity contribution in [3.63, 3.8) is 0 Å². The van der Waals surface area contributed by atoms with E-state index in [1.54, 1.807) is 35.2 Å². The summed E-state index contributed by atoms with van der Waals surface area (Å²) in [6.45, 7) is 10.1. The van der Waals surface area contributed by atoms with E-state index in [-0.39, 0.29) is 6.04 Å². The van der Waals surface area contributed by atoms with Crippen molar-refractivity contribution in [3.05, 3.63) is 57.7 Å². The summed E-state index contributed by atoms with van der Waals surface area (Å²) in [5.41, 5.74) is 2.28. The van der Waals surface area contributed by atoms with E-state index in [0.717, 1.165) is 11.4 Å². The molecule has 8 heteroatoms. The fraction of sp³-hybridized carbons (Fsp3) is 0.381. The molecule has 154 valence electrons. The van der Waals surface area contributed by atoms with Gasteiger partial charge < -0.3 is 14.6 Å². The second-order valence-corrected chi connectivity index (χ2v) is 8.27. The molecule has 29 heavy (non-hydrogen) atoms. The highest BCUT2D eigenvalue weighted by atomic mass is 32.1. The summed E-state index contributed by atoms with van der Waals surface area (Å²) in [7, 11) is 0. The Morgan fingerprint density at radius 2 is 2.00 bits per heavy atom. The Balaban J connectivity index is 1.68. The second kappa shape index (κ2) is 8.65. The van der Waals surface area contributed by atoms with Crippen LogP contribution in [0.5, 0.6) is 0 Å². The van der Waals surface area contributed by atoms with Crippen LogP contribution in [0, 0.1) is 13.8 Å². The van der Waals surface area contributed by atoms with Gasteiger partial charge in [0, 0.05) is 28.4 Å². The molecule has 3 heterocycles. The topological polar surface area (TPSA) is 78.2 Å². The predicted molar refractivity (Wildman–Crippen MR) is 113 cm³/mol. The molecule has 3 aromatic rings. The Bertz CT molecular complexity index is 1000. The first-order chi connectivity index (χ1) is 13.8. The van der Waals surface area contributed by atoms with Crippen molar-refractivity contribution in [2.75, 3.05) is 5.32 Å². The van der Waals surface area contributed by atoms with E-state index in [1.165, 1.54) is 4.88 Å². The highest BCUT2D eigenvalue weighted by molar-refractivity contribution is 7.09. The Kier molecular flexibility index (Phi) is 6.22. The first kappa shape index (κ1) is 20.9. The third kappa shape index (κ3) is 4.59. The standard InChI is InChI=1S/C21H26N4O3S/c1-13(2)25-19(8-9-22-25)23-20(26)16(5)28-21(27)18-11-14(3)24(15(18)4)12-17-7-6-10-29-17/h6-11,13,16H,12H2,1-5H3,(H,23,26)/t16-/m0/s1. The van der Waals surface area contributed by atoms with Gasteiger partial charge >= 0.3 is 5.97 Å². The summed E-state index contributed by atoms with van der Waals surface area (Å²) < 4.78 is 9.22. The van der Waals surface area contributed by atoms with E-state index in [9.17, 15) is 9.59 Å². The zero-order valence-electron chi connectivity index (χ0n) is 17.3. The summed E-state index contributed by atoms with van der Waals surface area (Å²) in [6, 6.07) is 7.70. The van der Waals surface area contributed by atoms with Crippen LogP contribution >= 0.6 is 11.3 Å². The number of hydrogen-bond donors (Lipinski definition) is 1. The van der Waals surface area contributed by atoms with E-state index in [2.05, 4.69) is 21.0 Å². The van der Waals surface area contributed by atoms with Crippen molar-refractivity contribution in [1.29, 1.82) is 0 Å². The molecular formula is C21H26N4O3S. The number of esters is 1. The van der Waals surface area contributed by atoms with Gasteiger partial charge in [-0.05, 0) is 52.1 Å². The van der Waals surface area contributed by atoms with Gasteiger partial charge in [-0.25, -0.2) is 9.48 Å². The van der Waals surface area contributed by atoms with Crippen LogP contribution in [0.15, 0.2) is 35.8 Å². The first-order valence-corrected chi connectivity index (χ1v) is 10.4. The number of rotatable bonds is 7. The van der Waals surface area contributed by atoms with Crippen LogP contribution in [0.3, 0.4) is 0 Å². The van der Waals surface area contributed by atoms with Gasteiger partial charge in [0.25, 0.3) is 5.91 Å². The monoisotopic (exact) mass is 414 g/mol. The number of amides is 1. The largest absolute Gasteiger partial charge is 0.449 e. The van der Waals surface area contributed by atoms with Crippen molar-refractivity contribution in [2.45, 2.75) is 53.3 Å². The third-order valence-electron chi connectivity index (χ3n) is 4.75. The van der Waals surface area contributed by atoms with Crippen LogP contribution in [-0.2, 0) is 16.1 Å². The summed E-state index contributed by atoms with van der Waals surface area (Å²) in [5, 5.41) is 8.99. The summed E-state index contributed by atoms with van der Waals surface area (Å²) in [6.07, 6.45) is 0.688. The highest BCUT2D eigenvalue weighted by Gasteiger charge is 2.23. The van der Waals surface area contributed by atoms with Crippen LogP contribution in [0.4, 0.5) is 5.82 Å². The number of aromatic nitrogens is 3. The average Bonchev–Trinajstić information content (AvgIpc) is 3.39. The molecule has 3 aromatic heterocycles. The third-order valence-corrected chi connectivity index (χ3v) is 5.61. The van der Waals surface area contributed by atoms with Gasteiger partial charge in [-0.15, -0.1) is 11.3 Å². The number of carbonyl (C=O) groups is 2. The minimum Gasteiger partial charge on any atom is -0.449 e. The lowest BCUT2D eigenvalue weighted by Gasteiger charge is -2.16. The van der Waals surface area contributed by atoms with Crippen LogP contribution < -0.4 is 5.32 Å². The maximum absolute atomic E-state index is 12.7. The van der Waals surface area contributed by atoms with Crippen molar-refractivity contribution in [2.24, 2.45) is 0 Å². The maximum Gasteiger partial charge on any atom is 0.340 e. The molecule has 1 atom stereocenters. The molecule has 0 saturated carbocycles. The smallest absolute Gasteiger partial charge is 0.340 e. The normalized spacial score (nSPS) is 12.2. The molecule has 0 aliphatic rings. The number of nitrogens with one attached hydrogen (secondary N) is 1. The number of thiophene rings is 1. The molecule has 7 nitrogen and oxygen atoms in total. The quantitative estimate of drug-likeness (QED) is 0.589. The molecular weight excluding hydrogens is 388 g/mol. The minimum absolute atomic E-state index is 0.104. The van der Waals surface area contributed by atoms with Gasteiger partial charge in [0.15, 0.2) is 6.10 Å². The molecule has 3 rings (SSSR count). The number of nitrogens with zero attached hydrogens (tertiary/aromatic N) is 3. The Morgan fingerprint density at radius 3 is 2.66 bits per heavy atom. The van der Waals surface area contributed by atoms with Gasteiger partial charge in [0.1, 0.15) is 5.82 Å². The van der Waals surface area contributed by atoms with Crippen molar-refractivity contribution in [3.8, 4) is 0 Å². The molecule has 0 bridgehead atoms. The average molecular weight is 415 g/mol. The number of ether oxygens (including phenoxy) is 1. The second-order valence-electron chi connectivity index (χ2n) is 7.24. The lowest BCUT2D eigenvalue weighted by atomic mass is 10.2. The van der Waals surface area contributed by atoms with Gasteiger partial charge in [0.05, 0.1) is 18.3 Å². The van der Waals surface area contributed by atoms with Crippen molar-refractivity contribution in [1.82, 2.24) is 14.3 Å². The van der Waals surface area contributed by atoms with Crippen molar-refractivity contribution < 1.29 is 14.3 Å². The zero-order chi connectivity index (χ0) is 21.1. The van der Waals surface area contributed by atoms with Gasteiger partial charge in [-0.2, -0.15) is 5.10 Å². The van der Waals surface area contributed by atoms with E-state index in [4.69, 9.17) is 4.74 Å². The van der Waals surface area contributed by atoms with E-state index in [1.807, 2.05) is 45.2 Å². The molecule has 0 aromatic carbocycles. The van der Waals surface area contributed by atoms with Gasteiger partial charge in [0.2, 0.25) is 0 Å². The predicted octanol–water partition coefficient (Wildman–Crippen LogP) is 4.18. The lowest BCUT2D eigenvalue weighted by Crippen LogP contribution is -2.31. The fourth-order valence-corrected chi connectivity index (χ4v) is 3.83. The molecule has 0 unspecified atom stereocenters. The lowest BCUT2D eigenvalue weighted by molar-refractivity contribution is -0.123. The minimum atomic E-state index is -0.932. The molecule has 0 aliphatic heterocycles. The van der Waals surface area contributed by atoms with E-state index < -0.39 is 18.0 Å². The SMILES string of the molecule is Cc1cc(C(=O)O[C@@H](C)C(=O)Nc2ccnn2C(C)C)c(C)n1Cc1cccs1. The van der Waals surface area contributed by atoms with Crippen LogP contribution in [0.1, 0.15) is 53.4 Å².